The van der Waals surface area contributed by atoms with E-state index in [4.69, 9.17) is 5.26 Å². The Bertz CT molecular complexity index is 719. The van der Waals surface area contributed by atoms with Gasteiger partial charge in [0.15, 0.2) is 4.34 Å². The van der Waals surface area contributed by atoms with Crippen molar-refractivity contribution in [2.24, 2.45) is 0 Å². The van der Waals surface area contributed by atoms with Crippen molar-refractivity contribution < 1.29 is 4.79 Å². The molecule has 1 fully saturated rings. The Kier molecular flexibility index (Phi) is 3.86. The first-order valence-electron chi connectivity index (χ1n) is 6.35. The van der Waals surface area contributed by atoms with Gasteiger partial charge in [0.05, 0.1) is 0 Å². The summed E-state index contributed by atoms with van der Waals surface area (Å²) in [4.78, 5) is 17.6. The topological polar surface area (TPSA) is 82.8 Å². The summed E-state index contributed by atoms with van der Waals surface area (Å²) in [6.45, 7) is 1.55. The maximum Gasteiger partial charge on any atom is 0.225 e. The number of hydrogen-bond acceptors (Lipinski definition) is 7. The molecule has 0 spiro atoms. The molecule has 0 atom stereocenters. The number of pyridine rings is 1. The highest BCUT2D eigenvalue weighted by Crippen LogP contribution is 2.37. The lowest BCUT2D eigenvalue weighted by atomic mass is 10.4. The van der Waals surface area contributed by atoms with Crippen molar-refractivity contribution in [1.29, 1.82) is 5.26 Å². The predicted octanol–water partition coefficient (Wildman–Crippen LogP) is 2.47. The van der Waals surface area contributed by atoms with Gasteiger partial charge in [-0.3, -0.25) is 9.69 Å². The number of carbonyl (C=O) groups excluding carboxylic acids is 1. The third-order valence-electron chi connectivity index (χ3n) is 2.88. The maximum absolute atomic E-state index is 11.7. The van der Waals surface area contributed by atoms with E-state index in [1.54, 1.807) is 24.0 Å². The van der Waals surface area contributed by atoms with Crippen molar-refractivity contribution in [3.05, 3.63) is 23.9 Å². The van der Waals surface area contributed by atoms with Crippen LogP contribution in [0.25, 0.3) is 0 Å². The van der Waals surface area contributed by atoms with Crippen molar-refractivity contribution in [3.63, 3.8) is 0 Å². The summed E-state index contributed by atoms with van der Waals surface area (Å²) in [6.07, 6.45) is 2.04. The zero-order valence-electron chi connectivity index (χ0n) is 11.2. The lowest BCUT2D eigenvalue weighted by Crippen LogP contribution is -2.30. The second-order valence-electron chi connectivity index (χ2n) is 4.55. The highest BCUT2D eigenvalue weighted by molar-refractivity contribution is 8.01. The van der Waals surface area contributed by atoms with E-state index in [-0.39, 0.29) is 11.9 Å². The van der Waals surface area contributed by atoms with E-state index in [1.807, 2.05) is 12.1 Å². The second-order valence-corrected chi connectivity index (χ2v) is 6.77. The van der Waals surface area contributed by atoms with Gasteiger partial charge in [0.1, 0.15) is 16.8 Å². The smallest absolute Gasteiger partial charge is 0.225 e. The molecule has 0 N–H and O–H groups in total. The second kappa shape index (κ2) is 5.79. The Labute approximate surface area is 129 Å². The molecule has 1 saturated carbocycles. The summed E-state index contributed by atoms with van der Waals surface area (Å²) in [7, 11) is 0. The van der Waals surface area contributed by atoms with Crippen LogP contribution in [0, 0.1) is 11.3 Å². The SMILES string of the molecule is CC(=O)N(c1nnc(Sc2cccc(C#N)n2)s1)C1CC1. The van der Waals surface area contributed by atoms with Gasteiger partial charge in [0, 0.05) is 13.0 Å². The zero-order valence-corrected chi connectivity index (χ0v) is 12.8. The Morgan fingerprint density at radius 3 is 2.95 bits per heavy atom. The summed E-state index contributed by atoms with van der Waals surface area (Å²) >= 11 is 2.71. The highest BCUT2D eigenvalue weighted by Gasteiger charge is 2.34. The van der Waals surface area contributed by atoms with Crippen molar-refractivity contribution in [3.8, 4) is 6.07 Å². The number of nitriles is 1. The normalized spacial score (nSPS) is 13.7. The van der Waals surface area contributed by atoms with Gasteiger partial charge in [0.25, 0.3) is 0 Å². The molecular weight excluding hydrogens is 306 g/mol. The number of nitrogens with zero attached hydrogens (tertiary/aromatic N) is 5. The first-order valence-corrected chi connectivity index (χ1v) is 7.99. The molecule has 0 aliphatic heterocycles. The van der Waals surface area contributed by atoms with E-state index in [1.165, 1.54) is 23.1 Å². The molecule has 0 saturated heterocycles. The minimum atomic E-state index is -0.00481. The Hall–Kier alpha value is -1.98. The van der Waals surface area contributed by atoms with E-state index in [9.17, 15) is 4.79 Å². The monoisotopic (exact) mass is 317 g/mol. The Balaban J connectivity index is 1.78. The number of carbonyl (C=O) groups is 1. The van der Waals surface area contributed by atoms with Crippen LogP contribution in [0.5, 0.6) is 0 Å². The van der Waals surface area contributed by atoms with Gasteiger partial charge in [-0.1, -0.05) is 17.4 Å². The van der Waals surface area contributed by atoms with E-state index in [0.29, 0.717) is 20.2 Å². The Morgan fingerprint density at radius 1 is 1.48 bits per heavy atom. The van der Waals surface area contributed by atoms with Gasteiger partial charge in [-0.15, -0.1) is 10.2 Å². The fourth-order valence-electron chi connectivity index (χ4n) is 1.85. The van der Waals surface area contributed by atoms with Gasteiger partial charge in [-0.05, 0) is 36.7 Å². The van der Waals surface area contributed by atoms with Crippen molar-refractivity contribution in [2.75, 3.05) is 4.90 Å². The standard InChI is InChI=1S/C13H11N5OS2/c1-8(19)18(10-5-6-10)12-16-17-13(21-12)20-11-4-2-3-9(7-14)15-11/h2-4,10H,5-6H2,1H3. The van der Waals surface area contributed by atoms with E-state index in [0.717, 1.165) is 12.8 Å². The molecule has 0 aromatic carbocycles. The molecule has 106 valence electrons. The molecule has 3 rings (SSSR count). The first kappa shape index (κ1) is 14.0. The highest BCUT2D eigenvalue weighted by atomic mass is 32.2. The quantitative estimate of drug-likeness (QED) is 0.806. The van der Waals surface area contributed by atoms with Gasteiger partial charge >= 0.3 is 0 Å². The minimum Gasteiger partial charge on any atom is -0.284 e. The van der Waals surface area contributed by atoms with E-state index in [2.05, 4.69) is 15.2 Å². The first-order chi connectivity index (χ1) is 10.2. The van der Waals surface area contributed by atoms with Crippen LogP contribution in [0.15, 0.2) is 27.6 Å². The minimum absolute atomic E-state index is 0.00481. The van der Waals surface area contributed by atoms with Crippen LogP contribution in [0.2, 0.25) is 0 Å². The predicted molar refractivity (Wildman–Crippen MR) is 79.2 cm³/mol. The molecule has 2 aromatic heterocycles. The molecule has 21 heavy (non-hydrogen) atoms. The van der Waals surface area contributed by atoms with Crippen LogP contribution in [0.1, 0.15) is 25.5 Å². The van der Waals surface area contributed by atoms with E-state index < -0.39 is 0 Å². The fourth-order valence-corrected chi connectivity index (χ4v) is 3.74. The van der Waals surface area contributed by atoms with Crippen LogP contribution < -0.4 is 4.90 Å². The lowest BCUT2D eigenvalue weighted by molar-refractivity contribution is -0.116. The molecule has 0 unspecified atom stereocenters. The molecule has 0 bridgehead atoms. The average Bonchev–Trinajstić information content (AvgIpc) is 3.19. The van der Waals surface area contributed by atoms with Crippen LogP contribution in [0.3, 0.4) is 0 Å². The van der Waals surface area contributed by atoms with Gasteiger partial charge in [-0.2, -0.15) is 5.26 Å². The third-order valence-corrected chi connectivity index (χ3v) is 4.79. The number of amides is 1. The van der Waals surface area contributed by atoms with Gasteiger partial charge < -0.3 is 0 Å². The molecule has 0 radical (unpaired) electrons. The van der Waals surface area contributed by atoms with Crippen LogP contribution in [0.4, 0.5) is 5.13 Å². The fraction of sp³-hybridized carbons (Fsp3) is 0.308. The van der Waals surface area contributed by atoms with Gasteiger partial charge in [0.2, 0.25) is 11.0 Å². The summed E-state index contributed by atoms with van der Waals surface area (Å²) in [5.41, 5.74) is 0.369. The summed E-state index contributed by atoms with van der Waals surface area (Å²) in [5.74, 6) is -0.00481. The molecule has 1 aliphatic carbocycles. The Morgan fingerprint density at radius 2 is 2.29 bits per heavy atom. The van der Waals surface area contributed by atoms with Crippen LogP contribution in [-0.4, -0.2) is 27.1 Å². The van der Waals surface area contributed by atoms with E-state index >= 15 is 0 Å². The zero-order chi connectivity index (χ0) is 14.8. The maximum atomic E-state index is 11.7. The molecule has 2 aromatic rings. The van der Waals surface area contributed by atoms with Crippen molar-refractivity contribution in [2.45, 2.75) is 35.2 Å². The van der Waals surface area contributed by atoms with Crippen LogP contribution in [-0.2, 0) is 4.79 Å². The summed E-state index contributed by atoms with van der Waals surface area (Å²) < 4.78 is 0.708. The van der Waals surface area contributed by atoms with Crippen molar-refractivity contribution in [1.82, 2.24) is 15.2 Å². The molecular formula is C13H11N5OS2. The molecule has 1 aliphatic rings. The molecule has 6 nitrogen and oxygen atoms in total. The number of rotatable bonds is 4. The van der Waals surface area contributed by atoms with Crippen molar-refractivity contribution >= 4 is 34.1 Å². The molecule has 1 amide bonds. The number of hydrogen-bond donors (Lipinski definition) is 0. The summed E-state index contributed by atoms with van der Waals surface area (Å²) in [6, 6.07) is 7.52. The lowest BCUT2D eigenvalue weighted by Gasteiger charge is -2.15. The number of anilines is 1. The van der Waals surface area contributed by atoms with Gasteiger partial charge in [-0.25, -0.2) is 4.98 Å². The third kappa shape index (κ3) is 3.20. The van der Waals surface area contributed by atoms with Crippen LogP contribution >= 0.6 is 23.1 Å². The average molecular weight is 317 g/mol. The number of aromatic nitrogens is 3. The molecule has 2 heterocycles. The summed E-state index contributed by atoms with van der Waals surface area (Å²) in [5, 5.41) is 18.4. The largest absolute Gasteiger partial charge is 0.284 e. The molecule has 8 heteroatoms.